The number of hydrogen-bond acceptors (Lipinski definition) is 1. The summed E-state index contributed by atoms with van der Waals surface area (Å²) in [5, 5.41) is 0. The SMILES string of the molecule is CCC[CH2][Sn](/[CH]=C/CC1CCCCC1O[Si](C)(C)C)([CH2]CCC)[CH2]CCC. The number of allylic oxidation sites excluding steroid dienone is 1. The molecule has 2 atom stereocenters. The number of unbranched alkanes of at least 4 members (excludes halogenated alkanes) is 3. The standard InChI is InChI=1S/C12H23OSi.3C4H9.Sn/c1-5-8-11-9-6-7-10-12(11)13-14(2,3)4;3*1-3-4-2;/h1,5,11-12H,6-10H2,2-4H3;3*1,3-4H2,2H3;. The summed E-state index contributed by atoms with van der Waals surface area (Å²) in [6.07, 6.45) is 18.5. The van der Waals surface area contributed by atoms with E-state index in [1.165, 1.54) is 70.6 Å². The van der Waals surface area contributed by atoms with Crippen molar-refractivity contribution in [2.75, 3.05) is 0 Å². The van der Waals surface area contributed by atoms with Crippen molar-refractivity contribution in [3.05, 3.63) is 10.2 Å². The zero-order valence-corrected chi connectivity index (χ0v) is 23.5. The number of rotatable bonds is 14. The Morgan fingerprint density at radius 1 is 0.852 bits per heavy atom. The van der Waals surface area contributed by atoms with Crippen LogP contribution in [0.15, 0.2) is 10.2 Å². The maximum atomic E-state index is 6.59. The second-order valence-corrected chi connectivity index (χ2v) is 27.6. The van der Waals surface area contributed by atoms with Crippen LogP contribution in [0.4, 0.5) is 0 Å². The molecule has 0 N–H and O–H groups in total. The molecule has 0 aromatic rings. The third-order valence-electron chi connectivity index (χ3n) is 6.34. The first kappa shape index (κ1) is 25.8. The van der Waals surface area contributed by atoms with Gasteiger partial charge in [-0.1, -0.05) is 0 Å². The molecule has 3 heteroatoms. The normalized spacial score (nSPS) is 21.9. The molecule has 1 rings (SSSR count). The minimum absolute atomic E-state index is 0.543. The van der Waals surface area contributed by atoms with Gasteiger partial charge in [0.05, 0.1) is 0 Å². The topological polar surface area (TPSA) is 9.23 Å². The molecule has 0 aromatic carbocycles. The quantitative estimate of drug-likeness (QED) is 0.216. The van der Waals surface area contributed by atoms with Crippen LogP contribution in [0.1, 0.15) is 91.4 Å². The molecule has 1 fully saturated rings. The van der Waals surface area contributed by atoms with Crippen LogP contribution in [0.2, 0.25) is 33.0 Å². The molecule has 27 heavy (non-hydrogen) atoms. The molecule has 0 bridgehead atoms. The van der Waals surface area contributed by atoms with E-state index in [9.17, 15) is 0 Å². The molecule has 1 nitrogen and oxygen atoms in total. The van der Waals surface area contributed by atoms with E-state index in [0.29, 0.717) is 6.10 Å². The fraction of sp³-hybridized carbons (Fsp3) is 0.917. The van der Waals surface area contributed by atoms with Crippen molar-refractivity contribution in [2.45, 2.75) is 130 Å². The molecule has 1 aliphatic carbocycles. The van der Waals surface area contributed by atoms with Gasteiger partial charge in [0, 0.05) is 0 Å². The van der Waals surface area contributed by atoms with Crippen LogP contribution in [-0.2, 0) is 4.43 Å². The molecule has 0 amide bonds. The molecule has 0 aromatic heterocycles. The zero-order valence-electron chi connectivity index (χ0n) is 19.6. The van der Waals surface area contributed by atoms with Crippen molar-refractivity contribution >= 4 is 26.7 Å². The molecule has 0 aliphatic heterocycles. The van der Waals surface area contributed by atoms with Gasteiger partial charge in [0.1, 0.15) is 0 Å². The summed E-state index contributed by atoms with van der Waals surface area (Å²) in [4.78, 5) is 0. The van der Waals surface area contributed by atoms with E-state index >= 15 is 0 Å². The molecule has 1 saturated carbocycles. The molecule has 160 valence electrons. The van der Waals surface area contributed by atoms with Crippen molar-refractivity contribution in [3.8, 4) is 0 Å². The molecular weight excluding hydrogens is 451 g/mol. The van der Waals surface area contributed by atoms with E-state index in [2.05, 4.69) is 50.6 Å². The van der Waals surface area contributed by atoms with Crippen LogP contribution in [-0.4, -0.2) is 32.8 Å². The Kier molecular flexibility index (Phi) is 13.2. The Hall–Kier alpha value is 0.716. The van der Waals surface area contributed by atoms with Crippen molar-refractivity contribution < 1.29 is 4.43 Å². The summed E-state index contributed by atoms with van der Waals surface area (Å²) >= 11 is -2.09. The average molecular weight is 501 g/mol. The Bertz CT molecular complexity index is 380. The van der Waals surface area contributed by atoms with Gasteiger partial charge in [-0.05, 0) is 0 Å². The van der Waals surface area contributed by atoms with Gasteiger partial charge in [-0.25, -0.2) is 0 Å². The van der Waals surface area contributed by atoms with Crippen LogP contribution >= 0.6 is 0 Å². The third kappa shape index (κ3) is 10.9. The minimum atomic E-state index is -2.09. The van der Waals surface area contributed by atoms with Crippen LogP contribution in [0.25, 0.3) is 0 Å². The fourth-order valence-electron chi connectivity index (χ4n) is 4.76. The van der Waals surface area contributed by atoms with E-state index in [1.54, 1.807) is 13.3 Å². The van der Waals surface area contributed by atoms with Gasteiger partial charge in [0.15, 0.2) is 0 Å². The van der Waals surface area contributed by atoms with E-state index in [-0.39, 0.29) is 0 Å². The summed E-state index contributed by atoms with van der Waals surface area (Å²) in [6, 6.07) is 0. The first-order chi connectivity index (χ1) is 12.9. The summed E-state index contributed by atoms with van der Waals surface area (Å²) in [7, 11) is -1.43. The van der Waals surface area contributed by atoms with Crippen molar-refractivity contribution in [1.82, 2.24) is 0 Å². The summed E-state index contributed by atoms with van der Waals surface area (Å²) in [6.45, 7) is 14.2. The zero-order chi connectivity index (χ0) is 20.2. The van der Waals surface area contributed by atoms with Crippen molar-refractivity contribution in [2.24, 2.45) is 5.92 Å². The van der Waals surface area contributed by atoms with Gasteiger partial charge in [0.2, 0.25) is 0 Å². The third-order valence-corrected chi connectivity index (χ3v) is 21.6. The van der Waals surface area contributed by atoms with Gasteiger partial charge in [-0.3, -0.25) is 0 Å². The molecule has 0 radical (unpaired) electrons. The molecule has 0 spiro atoms. The fourth-order valence-corrected chi connectivity index (χ4v) is 20.4. The van der Waals surface area contributed by atoms with E-state index < -0.39 is 26.7 Å². The predicted molar refractivity (Wildman–Crippen MR) is 129 cm³/mol. The molecule has 2 unspecified atom stereocenters. The number of hydrogen-bond donors (Lipinski definition) is 0. The first-order valence-corrected chi connectivity index (χ1v) is 23.3. The summed E-state index contributed by atoms with van der Waals surface area (Å²) in [5.41, 5.74) is 0. The van der Waals surface area contributed by atoms with E-state index in [1.807, 2.05) is 0 Å². The van der Waals surface area contributed by atoms with Gasteiger partial charge < -0.3 is 0 Å². The molecular formula is C24H50OSiSn. The summed E-state index contributed by atoms with van der Waals surface area (Å²) < 4.78 is 14.3. The van der Waals surface area contributed by atoms with Crippen LogP contribution < -0.4 is 0 Å². The Balaban J connectivity index is 2.79. The molecule has 1 aliphatic rings. The van der Waals surface area contributed by atoms with Crippen molar-refractivity contribution in [1.29, 1.82) is 0 Å². The Labute approximate surface area is 177 Å². The van der Waals surface area contributed by atoms with Crippen LogP contribution in [0, 0.1) is 5.92 Å². The Morgan fingerprint density at radius 2 is 1.37 bits per heavy atom. The second-order valence-electron chi connectivity index (χ2n) is 10.1. The molecule has 0 heterocycles. The van der Waals surface area contributed by atoms with Crippen LogP contribution in [0.3, 0.4) is 0 Å². The van der Waals surface area contributed by atoms with Gasteiger partial charge in [-0.2, -0.15) is 0 Å². The maximum absolute atomic E-state index is 6.59. The second kappa shape index (κ2) is 13.8. The summed E-state index contributed by atoms with van der Waals surface area (Å²) in [5.74, 6) is 0.786. The average Bonchev–Trinajstić information content (AvgIpc) is 2.63. The van der Waals surface area contributed by atoms with Gasteiger partial charge in [-0.15, -0.1) is 0 Å². The van der Waals surface area contributed by atoms with Crippen molar-refractivity contribution in [3.63, 3.8) is 0 Å². The molecule has 0 saturated heterocycles. The van der Waals surface area contributed by atoms with Gasteiger partial charge >= 0.3 is 178 Å². The Morgan fingerprint density at radius 3 is 1.85 bits per heavy atom. The first-order valence-electron chi connectivity index (χ1n) is 12.2. The predicted octanol–water partition coefficient (Wildman–Crippen LogP) is 8.73. The monoisotopic (exact) mass is 502 g/mol. The van der Waals surface area contributed by atoms with Gasteiger partial charge in [0.25, 0.3) is 0 Å². The van der Waals surface area contributed by atoms with E-state index in [0.717, 1.165) is 5.92 Å². The van der Waals surface area contributed by atoms with E-state index in [4.69, 9.17) is 4.43 Å². The van der Waals surface area contributed by atoms with Crippen LogP contribution in [0.5, 0.6) is 0 Å².